The molecule has 5 heteroatoms. The van der Waals surface area contributed by atoms with Crippen molar-refractivity contribution in [2.24, 2.45) is 56.7 Å². The Balaban J connectivity index is 1.30. The largest absolute Gasteiger partial charge is 0.478 e. The first-order valence-corrected chi connectivity index (χ1v) is 19.3. The normalized spacial score (nSPS) is 39.8. The number of likely N-dealkylation sites (N-methyl/N-ethyl adjacent to an activating group) is 1. The van der Waals surface area contributed by atoms with Crippen LogP contribution >= 0.6 is 0 Å². The number of benzene rings is 1. The van der Waals surface area contributed by atoms with Gasteiger partial charge in [0.05, 0.1) is 11.0 Å². The smallest absolute Gasteiger partial charge is 0.335 e. The van der Waals surface area contributed by atoms with Crippen molar-refractivity contribution in [1.29, 1.82) is 0 Å². The van der Waals surface area contributed by atoms with Crippen molar-refractivity contribution >= 4 is 17.4 Å². The quantitative estimate of drug-likeness (QED) is 0.260. The molecule has 0 radical (unpaired) electrons. The highest BCUT2D eigenvalue weighted by Crippen LogP contribution is 2.77. The van der Waals surface area contributed by atoms with Crippen LogP contribution in [0.25, 0.3) is 5.57 Å². The van der Waals surface area contributed by atoms with Gasteiger partial charge in [0.2, 0.25) is 5.91 Å². The first-order valence-electron chi connectivity index (χ1n) is 19.3. The zero-order chi connectivity index (χ0) is 34.9. The second-order valence-electron chi connectivity index (χ2n) is 18.1. The minimum atomic E-state index is -0.871. The van der Waals surface area contributed by atoms with E-state index >= 15 is 0 Å². The van der Waals surface area contributed by atoms with Gasteiger partial charge < -0.3 is 15.3 Å². The molecule has 0 aromatic heterocycles. The molecule has 264 valence electrons. The third kappa shape index (κ3) is 5.10. The molecule has 9 atom stereocenters. The Bertz CT molecular complexity index is 1460. The first-order chi connectivity index (χ1) is 22.6. The number of carbonyl (C=O) groups excluding carboxylic acids is 1. The lowest BCUT2D eigenvalue weighted by Crippen LogP contribution is -2.66. The van der Waals surface area contributed by atoms with Crippen molar-refractivity contribution in [1.82, 2.24) is 10.2 Å². The molecule has 0 heterocycles. The summed E-state index contributed by atoms with van der Waals surface area (Å²) in [6, 6.07) is 7.56. The minimum Gasteiger partial charge on any atom is -0.478 e. The summed E-state index contributed by atoms with van der Waals surface area (Å²) < 4.78 is 0. The van der Waals surface area contributed by atoms with Crippen LogP contribution < -0.4 is 5.32 Å². The number of hydrogen-bond donors (Lipinski definition) is 2. The van der Waals surface area contributed by atoms with Crippen LogP contribution in [0, 0.1) is 56.7 Å². The Labute approximate surface area is 291 Å². The van der Waals surface area contributed by atoms with Crippen LogP contribution in [0.4, 0.5) is 0 Å². The standard InChI is InChI=1S/C43H64N2O3/c1-10-45(11-2)27-26-44-38(48)43-23-18-31(28(3)4)36(43)33-16-17-35-40(7)21-19-32(29-12-14-30(15-13-29)37(46)47)39(5,6)34(40)20-22-42(35,9)41(33,8)24-25-43/h12-15,19,31,33-36H,3,10-11,16-18,20-27H2,1-2,4-9H3,(H,44,48)(H,46,47). The fourth-order valence-electron chi connectivity index (χ4n) is 13.5. The Morgan fingerprint density at radius 3 is 2.21 bits per heavy atom. The number of hydrogen-bond acceptors (Lipinski definition) is 3. The second-order valence-corrected chi connectivity index (χ2v) is 18.1. The maximum Gasteiger partial charge on any atom is 0.335 e. The summed E-state index contributed by atoms with van der Waals surface area (Å²) in [5.41, 5.74) is 4.54. The van der Waals surface area contributed by atoms with Gasteiger partial charge >= 0.3 is 5.97 Å². The second kappa shape index (κ2) is 12.4. The number of amides is 1. The SMILES string of the molecule is C=C(C)C1CCC2(C(=O)NCCN(CC)CC)CCC3(C)C(CCC4C5(C)CC=C(c6ccc(C(=O)O)cc6)C(C)(C)C5CCC43C)C12. The molecule has 0 spiro atoms. The molecule has 1 aromatic rings. The lowest BCUT2D eigenvalue weighted by molar-refractivity contribution is -0.225. The van der Waals surface area contributed by atoms with E-state index < -0.39 is 5.97 Å². The monoisotopic (exact) mass is 656 g/mol. The summed E-state index contributed by atoms with van der Waals surface area (Å²) in [5.74, 6) is 2.02. The number of fused-ring (bicyclic) bond motifs is 7. The molecule has 1 amide bonds. The minimum absolute atomic E-state index is 0.00172. The van der Waals surface area contributed by atoms with Crippen molar-refractivity contribution in [3.63, 3.8) is 0 Å². The average Bonchev–Trinajstić information content (AvgIpc) is 3.45. The predicted molar refractivity (Wildman–Crippen MR) is 197 cm³/mol. The Kier molecular flexibility index (Phi) is 9.17. The molecule has 0 bridgehead atoms. The van der Waals surface area contributed by atoms with Gasteiger partial charge in [-0.15, -0.1) is 0 Å². The fraction of sp³-hybridized carbons (Fsp3) is 0.721. The molecule has 2 N–H and O–H groups in total. The predicted octanol–water partition coefficient (Wildman–Crippen LogP) is 9.49. The summed E-state index contributed by atoms with van der Waals surface area (Å²) in [5, 5.41) is 13.0. The molecule has 9 unspecified atom stereocenters. The van der Waals surface area contributed by atoms with E-state index in [9.17, 15) is 14.7 Å². The maximum atomic E-state index is 14.4. The van der Waals surface area contributed by atoms with E-state index in [2.05, 4.69) is 78.3 Å². The highest BCUT2D eigenvalue weighted by Gasteiger charge is 2.71. The highest BCUT2D eigenvalue weighted by molar-refractivity contribution is 5.88. The van der Waals surface area contributed by atoms with Crippen molar-refractivity contribution < 1.29 is 14.7 Å². The van der Waals surface area contributed by atoms with E-state index in [4.69, 9.17) is 0 Å². The van der Waals surface area contributed by atoms with Crippen LogP contribution in [0.5, 0.6) is 0 Å². The van der Waals surface area contributed by atoms with E-state index in [1.807, 2.05) is 12.1 Å². The number of aromatic carboxylic acids is 1. The van der Waals surface area contributed by atoms with Gasteiger partial charge in [-0.3, -0.25) is 4.79 Å². The Morgan fingerprint density at radius 2 is 1.58 bits per heavy atom. The summed E-state index contributed by atoms with van der Waals surface area (Å²) in [6.45, 7) is 27.7. The molecule has 0 aliphatic heterocycles. The van der Waals surface area contributed by atoms with Crippen molar-refractivity contribution in [2.45, 2.75) is 113 Å². The van der Waals surface area contributed by atoms with Gasteiger partial charge in [-0.2, -0.15) is 0 Å². The van der Waals surface area contributed by atoms with Crippen LogP contribution in [0.3, 0.4) is 0 Å². The van der Waals surface area contributed by atoms with Gasteiger partial charge in [0.15, 0.2) is 0 Å². The molecule has 1 aromatic carbocycles. The lowest BCUT2D eigenvalue weighted by Gasteiger charge is -2.72. The van der Waals surface area contributed by atoms with Crippen LogP contribution in [-0.4, -0.2) is 48.1 Å². The molecule has 4 saturated carbocycles. The molecule has 48 heavy (non-hydrogen) atoms. The van der Waals surface area contributed by atoms with Crippen LogP contribution in [-0.2, 0) is 4.79 Å². The topological polar surface area (TPSA) is 69.6 Å². The first kappa shape index (κ1) is 35.4. The van der Waals surface area contributed by atoms with Crippen LogP contribution in [0.15, 0.2) is 42.5 Å². The third-order valence-corrected chi connectivity index (χ3v) is 16.1. The molecule has 5 nitrogen and oxygen atoms in total. The fourth-order valence-corrected chi connectivity index (χ4v) is 13.5. The molecular weight excluding hydrogens is 592 g/mol. The zero-order valence-corrected chi connectivity index (χ0v) is 31.4. The van der Waals surface area contributed by atoms with E-state index in [1.54, 1.807) is 12.1 Å². The summed E-state index contributed by atoms with van der Waals surface area (Å²) >= 11 is 0. The molecule has 5 aliphatic rings. The maximum absolute atomic E-state index is 14.4. The summed E-state index contributed by atoms with van der Waals surface area (Å²) in [6.07, 6.45) is 12.8. The average molecular weight is 657 g/mol. The Hall–Kier alpha value is -2.40. The molecular formula is C43H64N2O3. The van der Waals surface area contributed by atoms with E-state index in [0.717, 1.165) is 58.3 Å². The molecule has 4 fully saturated rings. The van der Waals surface area contributed by atoms with E-state index in [1.165, 1.54) is 42.4 Å². The highest BCUT2D eigenvalue weighted by atomic mass is 16.4. The number of carbonyl (C=O) groups is 2. The summed E-state index contributed by atoms with van der Waals surface area (Å²) in [4.78, 5) is 28.3. The number of rotatable bonds is 9. The summed E-state index contributed by atoms with van der Waals surface area (Å²) in [7, 11) is 0. The van der Waals surface area contributed by atoms with Gasteiger partial charge in [-0.25, -0.2) is 4.79 Å². The van der Waals surface area contributed by atoms with Gasteiger partial charge in [0.25, 0.3) is 0 Å². The van der Waals surface area contributed by atoms with Crippen molar-refractivity contribution in [3.05, 3.63) is 53.6 Å². The van der Waals surface area contributed by atoms with Gasteiger partial charge in [-0.05, 0) is 152 Å². The van der Waals surface area contributed by atoms with E-state index in [0.29, 0.717) is 41.1 Å². The zero-order valence-electron chi connectivity index (χ0n) is 31.4. The van der Waals surface area contributed by atoms with Gasteiger partial charge in [0, 0.05) is 13.1 Å². The molecule has 6 rings (SSSR count). The number of nitrogens with zero attached hydrogens (tertiary/aromatic N) is 1. The van der Waals surface area contributed by atoms with Crippen molar-refractivity contribution in [2.75, 3.05) is 26.2 Å². The van der Waals surface area contributed by atoms with Gasteiger partial charge in [-0.1, -0.05) is 78.8 Å². The van der Waals surface area contributed by atoms with Crippen molar-refractivity contribution in [3.8, 4) is 0 Å². The van der Waals surface area contributed by atoms with Crippen LogP contribution in [0.2, 0.25) is 0 Å². The molecule has 5 aliphatic carbocycles. The number of allylic oxidation sites excluding steroid dienone is 3. The van der Waals surface area contributed by atoms with Crippen LogP contribution in [0.1, 0.15) is 129 Å². The Morgan fingerprint density at radius 1 is 0.896 bits per heavy atom. The van der Waals surface area contributed by atoms with Gasteiger partial charge in [0.1, 0.15) is 0 Å². The number of carboxylic acid groups (broad SMARTS) is 1. The third-order valence-electron chi connectivity index (χ3n) is 16.1. The molecule has 0 saturated heterocycles. The number of carboxylic acids is 1. The lowest BCUT2D eigenvalue weighted by atomic mass is 9.32. The van der Waals surface area contributed by atoms with E-state index in [-0.39, 0.29) is 27.1 Å². The number of nitrogens with one attached hydrogen (secondary N) is 1.